The number of nitrogen functional groups attached to an aromatic ring is 1. The Labute approximate surface area is 94.3 Å². The van der Waals surface area contributed by atoms with E-state index in [0.717, 1.165) is 30.2 Å². The van der Waals surface area contributed by atoms with Crippen LogP contribution < -0.4 is 5.73 Å². The van der Waals surface area contributed by atoms with Crippen molar-refractivity contribution in [2.24, 2.45) is 0 Å². The summed E-state index contributed by atoms with van der Waals surface area (Å²) >= 11 is 0. The van der Waals surface area contributed by atoms with Gasteiger partial charge in [0.1, 0.15) is 5.82 Å². The molecule has 0 bridgehead atoms. The SMILES string of the molecule is CCc1nc(CC)n(-c2ccncc2N)n1. The van der Waals surface area contributed by atoms with E-state index in [1.54, 1.807) is 17.1 Å². The Kier molecular flexibility index (Phi) is 2.85. The first-order chi connectivity index (χ1) is 7.76. The van der Waals surface area contributed by atoms with Crippen LogP contribution in [0.1, 0.15) is 25.5 Å². The molecule has 16 heavy (non-hydrogen) atoms. The summed E-state index contributed by atoms with van der Waals surface area (Å²) in [5.74, 6) is 1.77. The van der Waals surface area contributed by atoms with E-state index in [-0.39, 0.29) is 0 Å². The minimum absolute atomic E-state index is 0.616. The molecule has 2 N–H and O–H groups in total. The van der Waals surface area contributed by atoms with Gasteiger partial charge in [-0.3, -0.25) is 4.98 Å². The summed E-state index contributed by atoms with van der Waals surface area (Å²) in [6.45, 7) is 4.09. The average Bonchev–Trinajstić information content (AvgIpc) is 2.72. The topological polar surface area (TPSA) is 69.6 Å². The van der Waals surface area contributed by atoms with E-state index >= 15 is 0 Å². The number of anilines is 1. The zero-order chi connectivity index (χ0) is 11.5. The standard InChI is InChI=1S/C11H15N5/c1-3-10-14-11(4-2)16(15-10)9-5-6-13-7-8(9)12/h5-7H,3-4,12H2,1-2H3. The van der Waals surface area contributed by atoms with E-state index in [1.807, 2.05) is 13.0 Å². The third kappa shape index (κ3) is 1.76. The third-order valence-corrected chi connectivity index (χ3v) is 2.41. The highest BCUT2D eigenvalue weighted by atomic mass is 15.4. The van der Waals surface area contributed by atoms with Crippen molar-refractivity contribution in [3.8, 4) is 5.69 Å². The van der Waals surface area contributed by atoms with Crippen molar-refractivity contribution in [3.63, 3.8) is 0 Å². The van der Waals surface area contributed by atoms with Crippen molar-refractivity contribution in [2.75, 3.05) is 5.73 Å². The van der Waals surface area contributed by atoms with Crippen molar-refractivity contribution in [2.45, 2.75) is 26.7 Å². The fourth-order valence-electron chi connectivity index (χ4n) is 1.56. The van der Waals surface area contributed by atoms with E-state index in [0.29, 0.717) is 5.69 Å². The second kappa shape index (κ2) is 4.30. The van der Waals surface area contributed by atoms with Crippen LogP contribution in [0, 0.1) is 0 Å². The van der Waals surface area contributed by atoms with Gasteiger partial charge in [0.25, 0.3) is 0 Å². The molecule has 2 heterocycles. The lowest BCUT2D eigenvalue weighted by atomic mass is 10.3. The Hall–Kier alpha value is -1.91. The van der Waals surface area contributed by atoms with Gasteiger partial charge in [0.15, 0.2) is 5.82 Å². The van der Waals surface area contributed by atoms with Gasteiger partial charge >= 0.3 is 0 Å². The number of pyridine rings is 1. The van der Waals surface area contributed by atoms with Gasteiger partial charge in [-0.25, -0.2) is 9.67 Å². The van der Waals surface area contributed by atoms with Gasteiger partial charge in [-0.2, -0.15) is 5.10 Å². The lowest BCUT2D eigenvalue weighted by Crippen LogP contribution is -2.05. The Morgan fingerprint density at radius 1 is 1.31 bits per heavy atom. The minimum Gasteiger partial charge on any atom is -0.396 e. The first-order valence-corrected chi connectivity index (χ1v) is 5.41. The number of nitrogens with two attached hydrogens (primary N) is 1. The molecule has 5 heteroatoms. The molecule has 0 fully saturated rings. The van der Waals surface area contributed by atoms with Gasteiger partial charge < -0.3 is 5.73 Å². The largest absolute Gasteiger partial charge is 0.396 e. The molecule has 0 amide bonds. The number of aromatic nitrogens is 4. The zero-order valence-corrected chi connectivity index (χ0v) is 9.51. The van der Waals surface area contributed by atoms with E-state index < -0.39 is 0 Å². The van der Waals surface area contributed by atoms with E-state index in [9.17, 15) is 0 Å². The summed E-state index contributed by atoms with van der Waals surface area (Å²) in [7, 11) is 0. The van der Waals surface area contributed by atoms with Crippen LogP contribution in [0.15, 0.2) is 18.5 Å². The number of nitrogens with zero attached hydrogens (tertiary/aromatic N) is 4. The quantitative estimate of drug-likeness (QED) is 0.843. The molecule has 0 aliphatic heterocycles. The first-order valence-electron chi connectivity index (χ1n) is 5.41. The molecular weight excluding hydrogens is 202 g/mol. The average molecular weight is 217 g/mol. The lowest BCUT2D eigenvalue weighted by Gasteiger charge is -2.06. The fraction of sp³-hybridized carbons (Fsp3) is 0.364. The molecule has 0 aliphatic carbocycles. The normalized spacial score (nSPS) is 10.6. The molecule has 0 atom stereocenters. The fourth-order valence-corrected chi connectivity index (χ4v) is 1.56. The third-order valence-electron chi connectivity index (χ3n) is 2.41. The van der Waals surface area contributed by atoms with Crippen LogP contribution in [0.5, 0.6) is 0 Å². The van der Waals surface area contributed by atoms with Gasteiger partial charge in [0.2, 0.25) is 0 Å². The molecule has 5 nitrogen and oxygen atoms in total. The van der Waals surface area contributed by atoms with Gasteiger partial charge in [-0.15, -0.1) is 0 Å². The number of hydrogen-bond donors (Lipinski definition) is 1. The highest BCUT2D eigenvalue weighted by Gasteiger charge is 2.10. The number of rotatable bonds is 3. The first kappa shape index (κ1) is 10.6. The van der Waals surface area contributed by atoms with Gasteiger partial charge in [-0.1, -0.05) is 13.8 Å². The van der Waals surface area contributed by atoms with E-state index in [2.05, 4.69) is 22.0 Å². The molecule has 0 aliphatic rings. The molecule has 84 valence electrons. The lowest BCUT2D eigenvalue weighted by molar-refractivity contribution is 0.791. The summed E-state index contributed by atoms with van der Waals surface area (Å²) < 4.78 is 1.80. The van der Waals surface area contributed by atoms with E-state index in [1.165, 1.54) is 0 Å². The maximum absolute atomic E-state index is 5.88. The maximum Gasteiger partial charge on any atom is 0.151 e. The van der Waals surface area contributed by atoms with Crippen LogP contribution in [0.3, 0.4) is 0 Å². The molecule has 2 aromatic rings. The van der Waals surface area contributed by atoms with E-state index in [4.69, 9.17) is 5.73 Å². The number of hydrogen-bond acceptors (Lipinski definition) is 4. The van der Waals surface area contributed by atoms with Crippen molar-refractivity contribution in [3.05, 3.63) is 30.1 Å². The van der Waals surface area contributed by atoms with Crippen molar-refractivity contribution >= 4 is 5.69 Å². The van der Waals surface area contributed by atoms with Gasteiger partial charge in [0.05, 0.1) is 17.6 Å². The summed E-state index contributed by atoms with van der Waals surface area (Å²) in [6, 6.07) is 1.85. The molecule has 0 unspecified atom stereocenters. The van der Waals surface area contributed by atoms with Crippen LogP contribution in [0.25, 0.3) is 5.69 Å². The summed E-state index contributed by atoms with van der Waals surface area (Å²) in [4.78, 5) is 8.41. The van der Waals surface area contributed by atoms with Crippen molar-refractivity contribution < 1.29 is 0 Å². The van der Waals surface area contributed by atoms with Crippen LogP contribution in [0.4, 0.5) is 5.69 Å². The monoisotopic (exact) mass is 217 g/mol. The predicted molar refractivity (Wildman–Crippen MR) is 62.3 cm³/mol. The highest BCUT2D eigenvalue weighted by Crippen LogP contribution is 2.16. The predicted octanol–water partition coefficient (Wildman–Crippen LogP) is 1.37. The molecule has 0 saturated heterocycles. The van der Waals surface area contributed by atoms with Gasteiger partial charge in [-0.05, 0) is 6.07 Å². The van der Waals surface area contributed by atoms with Crippen LogP contribution in [-0.2, 0) is 12.8 Å². The molecule has 2 aromatic heterocycles. The van der Waals surface area contributed by atoms with Crippen molar-refractivity contribution in [1.29, 1.82) is 0 Å². The minimum atomic E-state index is 0.616. The summed E-state index contributed by atoms with van der Waals surface area (Å²) in [6.07, 6.45) is 4.99. The van der Waals surface area contributed by atoms with Crippen LogP contribution in [-0.4, -0.2) is 19.7 Å². The summed E-state index contributed by atoms with van der Waals surface area (Å²) in [5.41, 5.74) is 7.34. The second-order valence-electron chi connectivity index (χ2n) is 3.50. The molecular formula is C11H15N5. The smallest absolute Gasteiger partial charge is 0.151 e. The maximum atomic E-state index is 5.88. The van der Waals surface area contributed by atoms with Crippen LogP contribution in [0.2, 0.25) is 0 Å². The summed E-state index contributed by atoms with van der Waals surface area (Å²) in [5, 5.41) is 4.43. The Bertz CT molecular complexity index is 489. The highest BCUT2D eigenvalue weighted by molar-refractivity contribution is 5.55. The molecule has 0 spiro atoms. The second-order valence-corrected chi connectivity index (χ2v) is 3.50. The molecule has 0 aromatic carbocycles. The molecule has 0 saturated carbocycles. The molecule has 2 rings (SSSR count). The van der Waals surface area contributed by atoms with Crippen LogP contribution >= 0.6 is 0 Å². The Balaban J connectivity index is 2.54. The molecule has 0 radical (unpaired) electrons. The zero-order valence-electron chi connectivity index (χ0n) is 9.51. The van der Waals surface area contributed by atoms with Crippen molar-refractivity contribution in [1.82, 2.24) is 19.7 Å². The Morgan fingerprint density at radius 2 is 2.12 bits per heavy atom. The number of aryl methyl sites for hydroxylation is 2. The van der Waals surface area contributed by atoms with Gasteiger partial charge in [0, 0.05) is 19.0 Å². The Morgan fingerprint density at radius 3 is 2.75 bits per heavy atom.